The highest BCUT2D eigenvalue weighted by molar-refractivity contribution is 6.68. The molecule has 0 saturated heterocycles. The van der Waals surface area contributed by atoms with Gasteiger partial charge < -0.3 is 0 Å². The van der Waals surface area contributed by atoms with Crippen molar-refractivity contribution in [3.8, 4) is 0 Å². The van der Waals surface area contributed by atoms with Crippen molar-refractivity contribution < 1.29 is 9.59 Å². The summed E-state index contributed by atoms with van der Waals surface area (Å²) in [6.45, 7) is 0. The first-order chi connectivity index (χ1) is 9.59. The summed E-state index contributed by atoms with van der Waals surface area (Å²) in [5.74, 6) is 0. The van der Waals surface area contributed by atoms with Crippen LogP contribution in [0.3, 0.4) is 0 Å². The molecule has 0 aliphatic heterocycles. The smallest absolute Gasteiger partial charge is 0.252 e. The number of carbonyl (C=O) groups excluding carboxylic acids is 2. The second kappa shape index (κ2) is 6.69. The fraction of sp³-hybridized carbons (Fsp3) is 0.125. The fourth-order valence-electron chi connectivity index (χ4n) is 2.13. The Morgan fingerprint density at radius 3 is 1.40 bits per heavy atom. The van der Waals surface area contributed by atoms with Crippen molar-refractivity contribution in [2.24, 2.45) is 0 Å². The summed E-state index contributed by atoms with van der Waals surface area (Å²) < 4.78 is 0. The predicted molar refractivity (Wildman–Crippen MR) is 80.7 cm³/mol. The Kier molecular flexibility index (Phi) is 4.94. The summed E-state index contributed by atoms with van der Waals surface area (Å²) in [5, 5.41) is -0.940. The van der Waals surface area contributed by atoms with Crippen molar-refractivity contribution in [2.45, 2.75) is 12.8 Å². The normalized spacial score (nSPS) is 10.3. The van der Waals surface area contributed by atoms with Crippen molar-refractivity contribution in [3.63, 3.8) is 0 Å². The molecule has 0 amide bonds. The van der Waals surface area contributed by atoms with Crippen molar-refractivity contribution in [1.29, 1.82) is 0 Å². The molecular formula is C16H12Cl2O2. The number of carbonyl (C=O) groups is 2. The van der Waals surface area contributed by atoms with E-state index in [2.05, 4.69) is 0 Å². The highest BCUT2D eigenvalue weighted by atomic mass is 35.5. The molecule has 0 atom stereocenters. The summed E-state index contributed by atoms with van der Waals surface area (Å²) >= 11 is 11.1. The molecule has 2 rings (SSSR count). The molecule has 0 bridgehead atoms. The van der Waals surface area contributed by atoms with Gasteiger partial charge in [-0.05, 0) is 59.3 Å². The molecule has 102 valence electrons. The maximum atomic E-state index is 11.3. The van der Waals surface area contributed by atoms with Crippen molar-refractivity contribution in [2.75, 3.05) is 0 Å². The number of benzene rings is 2. The van der Waals surface area contributed by atoms with Gasteiger partial charge >= 0.3 is 0 Å². The summed E-state index contributed by atoms with van der Waals surface area (Å²) in [6.07, 6.45) is 1.24. The van der Waals surface area contributed by atoms with Crippen LogP contribution in [-0.2, 0) is 12.8 Å². The zero-order valence-corrected chi connectivity index (χ0v) is 12.1. The predicted octanol–water partition coefficient (Wildman–Crippen LogP) is 4.23. The zero-order chi connectivity index (χ0) is 14.5. The minimum atomic E-state index is -0.470. The van der Waals surface area contributed by atoms with E-state index in [0.29, 0.717) is 24.0 Å². The Balaban J connectivity index is 2.22. The van der Waals surface area contributed by atoms with E-state index in [-0.39, 0.29) is 0 Å². The Hall–Kier alpha value is -1.64. The molecule has 4 heteroatoms. The molecular weight excluding hydrogens is 295 g/mol. The molecule has 2 aromatic carbocycles. The van der Waals surface area contributed by atoms with Crippen molar-refractivity contribution >= 4 is 33.7 Å². The number of rotatable bonds is 5. The topological polar surface area (TPSA) is 34.1 Å². The van der Waals surface area contributed by atoms with E-state index < -0.39 is 10.5 Å². The lowest BCUT2D eigenvalue weighted by Gasteiger charge is -2.08. The summed E-state index contributed by atoms with van der Waals surface area (Å²) in [7, 11) is 0. The third kappa shape index (κ3) is 3.47. The van der Waals surface area contributed by atoms with Gasteiger partial charge in [0.25, 0.3) is 10.5 Å². The fourth-order valence-corrected chi connectivity index (χ4v) is 2.50. The van der Waals surface area contributed by atoms with Crippen LogP contribution < -0.4 is 0 Å². The number of halogens is 2. The van der Waals surface area contributed by atoms with Crippen LogP contribution in [0.5, 0.6) is 0 Å². The highest BCUT2D eigenvalue weighted by Crippen LogP contribution is 2.17. The summed E-state index contributed by atoms with van der Waals surface area (Å²) in [4.78, 5) is 22.7. The Bertz CT molecular complexity index is 593. The van der Waals surface area contributed by atoms with Gasteiger partial charge in [-0.2, -0.15) is 0 Å². The van der Waals surface area contributed by atoms with Gasteiger partial charge in [-0.15, -0.1) is 0 Å². The average molecular weight is 307 g/mol. The van der Waals surface area contributed by atoms with Crippen LogP contribution in [0.15, 0.2) is 48.5 Å². The number of hydrogen-bond donors (Lipinski definition) is 0. The van der Waals surface area contributed by atoms with Gasteiger partial charge in [0.15, 0.2) is 0 Å². The van der Waals surface area contributed by atoms with E-state index in [4.69, 9.17) is 23.2 Å². The van der Waals surface area contributed by atoms with Crippen molar-refractivity contribution in [3.05, 3.63) is 70.8 Å². The molecule has 0 saturated carbocycles. The first kappa shape index (κ1) is 14.8. The van der Waals surface area contributed by atoms with E-state index in [1.165, 1.54) is 0 Å². The maximum absolute atomic E-state index is 11.3. The van der Waals surface area contributed by atoms with Gasteiger partial charge in [-0.3, -0.25) is 9.59 Å². The average Bonchev–Trinajstić information content (AvgIpc) is 2.45. The zero-order valence-electron chi connectivity index (χ0n) is 10.6. The highest BCUT2D eigenvalue weighted by Gasteiger charge is 2.11. The molecule has 0 heterocycles. The minimum absolute atomic E-state index is 0.470. The van der Waals surface area contributed by atoms with E-state index >= 15 is 0 Å². The van der Waals surface area contributed by atoms with Crippen LogP contribution in [0.2, 0.25) is 0 Å². The summed E-state index contributed by atoms with van der Waals surface area (Å²) in [5.41, 5.74) is 2.74. The van der Waals surface area contributed by atoms with Crippen LogP contribution in [-0.4, -0.2) is 10.5 Å². The molecule has 0 N–H and O–H groups in total. The van der Waals surface area contributed by atoms with Gasteiger partial charge in [0.1, 0.15) is 0 Å². The first-order valence-electron chi connectivity index (χ1n) is 6.15. The quantitative estimate of drug-likeness (QED) is 0.775. The number of aryl methyl sites for hydroxylation is 2. The SMILES string of the molecule is O=C(Cl)c1ccccc1CCc1ccccc1C(=O)Cl. The van der Waals surface area contributed by atoms with Crippen LogP contribution in [0.4, 0.5) is 0 Å². The van der Waals surface area contributed by atoms with Gasteiger partial charge in [0.2, 0.25) is 0 Å². The minimum Gasteiger partial charge on any atom is -0.276 e. The maximum Gasteiger partial charge on any atom is 0.252 e. The van der Waals surface area contributed by atoms with Gasteiger partial charge in [0.05, 0.1) is 0 Å². The van der Waals surface area contributed by atoms with E-state index in [0.717, 1.165) is 11.1 Å². The molecule has 20 heavy (non-hydrogen) atoms. The lowest BCUT2D eigenvalue weighted by molar-refractivity contribution is 0.107. The second-order valence-electron chi connectivity index (χ2n) is 4.36. The van der Waals surface area contributed by atoms with Gasteiger partial charge in [-0.1, -0.05) is 36.4 Å². The standard InChI is InChI=1S/C16H12Cl2O2/c17-15(19)13-7-3-1-5-11(13)9-10-12-6-2-4-8-14(12)16(18)20/h1-8H,9-10H2. The van der Waals surface area contributed by atoms with Crippen LogP contribution >= 0.6 is 23.2 Å². The Morgan fingerprint density at radius 2 is 1.05 bits per heavy atom. The molecule has 0 aliphatic rings. The summed E-state index contributed by atoms with van der Waals surface area (Å²) in [6, 6.07) is 14.4. The van der Waals surface area contributed by atoms with Crippen LogP contribution in [0, 0.1) is 0 Å². The molecule has 0 fully saturated rings. The molecule has 0 aliphatic carbocycles. The first-order valence-corrected chi connectivity index (χ1v) is 6.90. The van der Waals surface area contributed by atoms with E-state index in [1.807, 2.05) is 24.3 Å². The molecule has 0 spiro atoms. The van der Waals surface area contributed by atoms with Gasteiger partial charge in [-0.25, -0.2) is 0 Å². The van der Waals surface area contributed by atoms with Crippen LogP contribution in [0.1, 0.15) is 31.8 Å². The largest absolute Gasteiger partial charge is 0.276 e. The molecule has 0 radical (unpaired) electrons. The molecule has 2 nitrogen and oxygen atoms in total. The lowest BCUT2D eigenvalue weighted by atomic mass is 9.98. The lowest BCUT2D eigenvalue weighted by Crippen LogP contribution is -2.02. The number of hydrogen-bond acceptors (Lipinski definition) is 2. The monoisotopic (exact) mass is 306 g/mol. The van der Waals surface area contributed by atoms with Crippen molar-refractivity contribution in [1.82, 2.24) is 0 Å². The van der Waals surface area contributed by atoms with E-state index in [9.17, 15) is 9.59 Å². The van der Waals surface area contributed by atoms with E-state index in [1.54, 1.807) is 24.3 Å². The molecule has 0 unspecified atom stereocenters. The second-order valence-corrected chi connectivity index (χ2v) is 5.05. The van der Waals surface area contributed by atoms with Gasteiger partial charge in [0, 0.05) is 11.1 Å². The molecule has 2 aromatic rings. The Morgan fingerprint density at radius 1 is 0.700 bits per heavy atom. The molecule has 0 aromatic heterocycles. The third-order valence-corrected chi connectivity index (χ3v) is 3.53. The van der Waals surface area contributed by atoms with Crippen LogP contribution in [0.25, 0.3) is 0 Å². The third-order valence-electron chi connectivity index (χ3n) is 3.12. The Labute approximate surface area is 127 Å².